The summed E-state index contributed by atoms with van der Waals surface area (Å²) in [4.78, 5) is 0. The van der Waals surface area contributed by atoms with Gasteiger partial charge >= 0.3 is 0 Å². The molecule has 1 aliphatic rings. The summed E-state index contributed by atoms with van der Waals surface area (Å²) in [7, 11) is 0. The third-order valence-electron chi connectivity index (χ3n) is 3.13. The average Bonchev–Trinajstić information content (AvgIpc) is 2.67. The van der Waals surface area contributed by atoms with Gasteiger partial charge in [-0.3, -0.25) is 0 Å². The van der Waals surface area contributed by atoms with Crippen LogP contribution in [0.3, 0.4) is 0 Å². The van der Waals surface area contributed by atoms with Crippen molar-refractivity contribution in [1.82, 2.24) is 0 Å². The zero-order chi connectivity index (χ0) is 11.7. The molecule has 88 valence electrons. The maximum absolute atomic E-state index is 13.2. The number of halogens is 2. The molecular formula is C13H16ClFO. The van der Waals surface area contributed by atoms with E-state index in [2.05, 4.69) is 0 Å². The van der Waals surface area contributed by atoms with Crippen LogP contribution in [0.25, 0.3) is 0 Å². The number of alkyl halides is 1. The molecule has 1 saturated heterocycles. The molecule has 3 heteroatoms. The molecule has 0 saturated carbocycles. The summed E-state index contributed by atoms with van der Waals surface area (Å²) in [6.07, 6.45) is 2.13. The van der Waals surface area contributed by atoms with E-state index in [1.165, 1.54) is 12.1 Å². The SMILES string of the molecule is Cc1cc(F)cc(C)c1C(Cl)C1CCCO1. The van der Waals surface area contributed by atoms with Gasteiger partial charge in [-0.2, -0.15) is 0 Å². The fourth-order valence-corrected chi connectivity index (χ4v) is 2.92. The van der Waals surface area contributed by atoms with Gasteiger partial charge in [0.05, 0.1) is 11.5 Å². The van der Waals surface area contributed by atoms with E-state index in [1.807, 2.05) is 13.8 Å². The molecule has 1 aromatic carbocycles. The first kappa shape index (κ1) is 11.9. The van der Waals surface area contributed by atoms with Gasteiger partial charge in [0, 0.05) is 6.61 Å². The Balaban J connectivity index is 2.31. The van der Waals surface area contributed by atoms with Crippen LogP contribution in [0, 0.1) is 19.7 Å². The Hall–Kier alpha value is -0.600. The highest BCUT2D eigenvalue weighted by Gasteiger charge is 2.27. The van der Waals surface area contributed by atoms with Gasteiger partial charge in [-0.15, -0.1) is 11.6 Å². The van der Waals surface area contributed by atoms with E-state index >= 15 is 0 Å². The lowest BCUT2D eigenvalue weighted by Gasteiger charge is -2.21. The fourth-order valence-electron chi connectivity index (χ4n) is 2.38. The molecule has 0 bridgehead atoms. The largest absolute Gasteiger partial charge is 0.376 e. The van der Waals surface area contributed by atoms with Crippen molar-refractivity contribution < 1.29 is 9.13 Å². The van der Waals surface area contributed by atoms with Gasteiger partial charge in [0.1, 0.15) is 5.82 Å². The number of hydrogen-bond acceptors (Lipinski definition) is 1. The summed E-state index contributed by atoms with van der Waals surface area (Å²) in [5, 5.41) is -0.164. The molecule has 1 heterocycles. The predicted molar refractivity (Wildman–Crippen MR) is 63.4 cm³/mol. The van der Waals surface area contributed by atoms with Crippen LogP contribution >= 0.6 is 11.6 Å². The van der Waals surface area contributed by atoms with Gasteiger partial charge in [0.2, 0.25) is 0 Å². The first-order valence-electron chi connectivity index (χ1n) is 5.62. The number of aryl methyl sites for hydroxylation is 2. The smallest absolute Gasteiger partial charge is 0.123 e. The second kappa shape index (κ2) is 4.72. The Kier molecular flexibility index (Phi) is 3.50. The molecule has 0 radical (unpaired) electrons. The molecule has 2 atom stereocenters. The molecule has 1 nitrogen and oxygen atoms in total. The molecule has 2 unspecified atom stereocenters. The Bertz CT molecular complexity index is 363. The van der Waals surface area contributed by atoms with Gasteiger partial charge in [-0.1, -0.05) is 0 Å². The van der Waals surface area contributed by atoms with Crippen molar-refractivity contribution in [2.45, 2.75) is 38.2 Å². The Morgan fingerprint density at radius 1 is 1.38 bits per heavy atom. The van der Waals surface area contributed by atoms with E-state index in [0.717, 1.165) is 36.1 Å². The van der Waals surface area contributed by atoms with Gasteiger partial charge in [0.25, 0.3) is 0 Å². The second-order valence-corrected chi connectivity index (χ2v) is 4.88. The van der Waals surface area contributed by atoms with Crippen LogP contribution in [-0.4, -0.2) is 12.7 Å². The standard InChI is InChI=1S/C13H16ClFO/c1-8-6-10(15)7-9(2)12(8)13(14)11-4-3-5-16-11/h6-7,11,13H,3-5H2,1-2H3. The summed E-state index contributed by atoms with van der Waals surface area (Å²) in [5.41, 5.74) is 2.84. The maximum atomic E-state index is 13.2. The minimum atomic E-state index is -0.199. The summed E-state index contributed by atoms with van der Waals surface area (Å²) in [6.45, 7) is 4.58. The zero-order valence-electron chi connectivity index (χ0n) is 9.59. The minimum Gasteiger partial charge on any atom is -0.376 e. The second-order valence-electron chi connectivity index (χ2n) is 4.41. The predicted octanol–water partition coefficient (Wildman–Crippen LogP) is 3.90. The Morgan fingerprint density at radius 2 is 2.00 bits per heavy atom. The first-order valence-corrected chi connectivity index (χ1v) is 6.05. The highest BCUT2D eigenvalue weighted by molar-refractivity contribution is 6.21. The van der Waals surface area contributed by atoms with Crippen LogP contribution in [0.4, 0.5) is 4.39 Å². The van der Waals surface area contributed by atoms with E-state index in [9.17, 15) is 4.39 Å². The number of ether oxygens (including phenoxy) is 1. The van der Waals surface area contributed by atoms with Crippen molar-refractivity contribution >= 4 is 11.6 Å². The topological polar surface area (TPSA) is 9.23 Å². The van der Waals surface area contributed by atoms with Crippen LogP contribution in [0.5, 0.6) is 0 Å². The van der Waals surface area contributed by atoms with E-state index < -0.39 is 0 Å². The first-order chi connectivity index (χ1) is 7.59. The Morgan fingerprint density at radius 3 is 2.50 bits per heavy atom. The molecule has 1 aromatic rings. The summed E-state index contributed by atoms with van der Waals surface area (Å²) >= 11 is 6.43. The van der Waals surface area contributed by atoms with Gasteiger partial charge in [-0.25, -0.2) is 4.39 Å². The lowest BCUT2D eigenvalue weighted by molar-refractivity contribution is 0.107. The Labute approximate surface area is 101 Å². The van der Waals surface area contributed by atoms with Gasteiger partial charge in [-0.05, 0) is 55.5 Å². The average molecular weight is 243 g/mol. The fraction of sp³-hybridized carbons (Fsp3) is 0.538. The normalized spacial score (nSPS) is 22.4. The molecule has 0 aromatic heterocycles. The zero-order valence-corrected chi connectivity index (χ0v) is 10.4. The van der Waals surface area contributed by atoms with Crippen LogP contribution in [-0.2, 0) is 4.74 Å². The quantitative estimate of drug-likeness (QED) is 0.715. The molecule has 0 amide bonds. The van der Waals surface area contributed by atoms with E-state index in [1.54, 1.807) is 0 Å². The van der Waals surface area contributed by atoms with Crippen molar-refractivity contribution in [2.24, 2.45) is 0 Å². The summed E-state index contributed by atoms with van der Waals surface area (Å²) in [6, 6.07) is 3.07. The lowest BCUT2D eigenvalue weighted by Crippen LogP contribution is -2.15. The van der Waals surface area contributed by atoms with E-state index in [4.69, 9.17) is 16.3 Å². The van der Waals surface area contributed by atoms with Crippen LogP contribution in [0.15, 0.2) is 12.1 Å². The van der Waals surface area contributed by atoms with Crippen molar-refractivity contribution in [2.75, 3.05) is 6.61 Å². The molecule has 0 aliphatic carbocycles. The highest BCUT2D eigenvalue weighted by atomic mass is 35.5. The summed E-state index contributed by atoms with van der Waals surface area (Å²) < 4.78 is 18.8. The molecule has 1 fully saturated rings. The third kappa shape index (κ3) is 2.23. The molecule has 0 spiro atoms. The van der Waals surface area contributed by atoms with Gasteiger partial charge in [0.15, 0.2) is 0 Å². The third-order valence-corrected chi connectivity index (χ3v) is 3.62. The van der Waals surface area contributed by atoms with Crippen LogP contribution < -0.4 is 0 Å². The molecule has 0 N–H and O–H groups in total. The van der Waals surface area contributed by atoms with Crippen molar-refractivity contribution in [1.29, 1.82) is 0 Å². The molecule has 16 heavy (non-hydrogen) atoms. The van der Waals surface area contributed by atoms with Crippen molar-refractivity contribution in [3.8, 4) is 0 Å². The number of benzene rings is 1. The lowest BCUT2D eigenvalue weighted by atomic mass is 9.96. The van der Waals surface area contributed by atoms with Gasteiger partial charge < -0.3 is 4.74 Å². The monoisotopic (exact) mass is 242 g/mol. The van der Waals surface area contributed by atoms with Crippen molar-refractivity contribution in [3.63, 3.8) is 0 Å². The van der Waals surface area contributed by atoms with Crippen LogP contribution in [0.2, 0.25) is 0 Å². The number of hydrogen-bond donors (Lipinski definition) is 0. The maximum Gasteiger partial charge on any atom is 0.123 e. The molecular weight excluding hydrogens is 227 g/mol. The van der Waals surface area contributed by atoms with E-state index in [0.29, 0.717) is 0 Å². The highest BCUT2D eigenvalue weighted by Crippen LogP contribution is 2.36. The van der Waals surface area contributed by atoms with Crippen molar-refractivity contribution in [3.05, 3.63) is 34.6 Å². The number of rotatable bonds is 2. The van der Waals surface area contributed by atoms with Crippen LogP contribution in [0.1, 0.15) is 34.9 Å². The minimum absolute atomic E-state index is 0.0736. The van der Waals surface area contributed by atoms with E-state index in [-0.39, 0.29) is 17.3 Å². The summed E-state index contributed by atoms with van der Waals surface area (Å²) in [5.74, 6) is -0.199. The molecule has 1 aliphatic heterocycles. The molecule has 2 rings (SSSR count).